The largest absolute Gasteiger partial charge is 0.379 e. The summed E-state index contributed by atoms with van der Waals surface area (Å²) in [6.07, 6.45) is 2.99. The number of nitrogens with two attached hydrogens (primary N) is 1. The molecular formula is C10H15N3O. The monoisotopic (exact) mass is 193 g/mol. The third-order valence-electron chi connectivity index (χ3n) is 2.66. The number of nitrogen functional groups attached to an aromatic ring is 1. The minimum absolute atomic E-state index is 0.138. The van der Waals surface area contributed by atoms with Gasteiger partial charge in [-0.25, -0.2) is 4.98 Å². The summed E-state index contributed by atoms with van der Waals surface area (Å²) in [7, 11) is 0. The fourth-order valence-electron chi connectivity index (χ4n) is 2.08. The first kappa shape index (κ1) is 9.24. The summed E-state index contributed by atoms with van der Waals surface area (Å²) in [6.45, 7) is 4.00. The molecule has 14 heavy (non-hydrogen) atoms. The lowest BCUT2D eigenvalue weighted by Gasteiger charge is -2.15. The fraction of sp³-hybridized carbons (Fsp3) is 0.600. The van der Waals surface area contributed by atoms with Crippen molar-refractivity contribution in [2.75, 3.05) is 5.73 Å². The van der Waals surface area contributed by atoms with Gasteiger partial charge in [0.25, 0.3) is 5.56 Å². The molecule has 76 valence electrons. The Morgan fingerprint density at radius 1 is 1.43 bits per heavy atom. The zero-order valence-electron chi connectivity index (χ0n) is 8.58. The molecule has 1 aliphatic rings. The molecule has 0 unspecified atom stereocenters. The second-order valence-electron chi connectivity index (χ2n) is 4.01. The van der Waals surface area contributed by atoms with Gasteiger partial charge in [0, 0.05) is 11.7 Å². The summed E-state index contributed by atoms with van der Waals surface area (Å²) < 4.78 is 1.78. The molecule has 0 bridgehead atoms. The van der Waals surface area contributed by atoms with Gasteiger partial charge in [0.2, 0.25) is 0 Å². The van der Waals surface area contributed by atoms with Crippen LogP contribution in [0.3, 0.4) is 0 Å². The maximum atomic E-state index is 11.7. The molecule has 0 saturated heterocycles. The molecule has 0 saturated carbocycles. The average molecular weight is 193 g/mol. The van der Waals surface area contributed by atoms with Crippen LogP contribution in [-0.2, 0) is 12.8 Å². The highest BCUT2D eigenvalue weighted by Gasteiger charge is 2.20. The van der Waals surface area contributed by atoms with E-state index < -0.39 is 0 Å². The molecule has 4 heteroatoms. The number of hydrogen-bond donors (Lipinski definition) is 1. The maximum Gasteiger partial charge on any atom is 0.293 e. The molecule has 2 N–H and O–H groups in total. The van der Waals surface area contributed by atoms with Crippen LogP contribution >= 0.6 is 0 Å². The molecular weight excluding hydrogens is 178 g/mol. The van der Waals surface area contributed by atoms with Crippen LogP contribution in [0.2, 0.25) is 0 Å². The van der Waals surface area contributed by atoms with Crippen molar-refractivity contribution in [1.82, 2.24) is 9.55 Å². The van der Waals surface area contributed by atoms with Gasteiger partial charge in [0.15, 0.2) is 5.82 Å². The molecule has 1 heterocycles. The molecule has 4 nitrogen and oxygen atoms in total. The first-order valence-corrected chi connectivity index (χ1v) is 5.01. The minimum Gasteiger partial charge on any atom is -0.379 e. The molecule has 0 amide bonds. The van der Waals surface area contributed by atoms with E-state index in [9.17, 15) is 4.79 Å². The van der Waals surface area contributed by atoms with E-state index in [0.717, 1.165) is 30.7 Å². The van der Waals surface area contributed by atoms with Crippen LogP contribution < -0.4 is 11.3 Å². The summed E-state index contributed by atoms with van der Waals surface area (Å²) in [4.78, 5) is 15.9. The van der Waals surface area contributed by atoms with Crippen LogP contribution in [0.15, 0.2) is 4.79 Å². The van der Waals surface area contributed by atoms with Gasteiger partial charge in [-0.3, -0.25) is 4.79 Å². The molecule has 1 aromatic heterocycles. The van der Waals surface area contributed by atoms with Crippen molar-refractivity contribution in [3.8, 4) is 0 Å². The zero-order valence-corrected chi connectivity index (χ0v) is 8.58. The summed E-state index contributed by atoms with van der Waals surface area (Å²) in [5.41, 5.74) is 7.54. The average Bonchev–Trinajstić information content (AvgIpc) is 2.52. The highest BCUT2D eigenvalue weighted by atomic mass is 16.1. The number of aryl methyl sites for hydroxylation is 1. The van der Waals surface area contributed by atoms with Crippen LogP contribution in [0.1, 0.15) is 37.7 Å². The second kappa shape index (κ2) is 3.12. The zero-order chi connectivity index (χ0) is 10.3. The lowest BCUT2D eigenvalue weighted by atomic mass is 10.3. The van der Waals surface area contributed by atoms with E-state index in [1.165, 1.54) is 0 Å². The Hall–Kier alpha value is -1.32. The van der Waals surface area contributed by atoms with Gasteiger partial charge >= 0.3 is 0 Å². The van der Waals surface area contributed by atoms with Gasteiger partial charge in [0.05, 0.1) is 5.69 Å². The van der Waals surface area contributed by atoms with Crippen molar-refractivity contribution in [2.24, 2.45) is 0 Å². The van der Waals surface area contributed by atoms with Gasteiger partial charge in [0.1, 0.15) is 0 Å². The molecule has 0 fully saturated rings. The Bertz CT molecular complexity index is 420. The Morgan fingerprint density at radius 2 is 2.14 bits per heavy atom. The van der Waals surface area contributed by atoms with Gasteiger partial charge < -0.3 is 10.3 Å². The number of anilines is 1. The number of aromatic nitrogens is 2. The van der Waals surface area contributed by atoms with Gasteiger partial charge in [-0.05, 0) is 33.1 Å². The summed E-state index contributed by atoms with van der Waals surface area (Å²) >= 11 is 0. The Morgan fingerprint density at radius 3 is 2.79 bits per heavy atom. The highest BCUT2D eigenvalue weighted by molar-refractivity contribution is 5.31. The number of nitrogens with zero attached hydrogens (tertiary/aromatic N) is 2. The first-order chi connectivity index (χ1) is 6.61. The van der Waals surface area contributed by atoms with Crippen molar-refractivity contribution in [3.05, 3.63) is 21.7 Å². The lowest BCUT2D eigenvalue weighted by Crippen LogP contribution is -2.29. The molecule has 0 aromatic carbocycles. The Kier molecular flexibility index (Phi) is 2.06. The van der Waals surface area contributed by atoms with Crippen molar-refractivity contribution in [2.45, 2.75) is 39.2 Å². The molecule has 1 aliphatic carbocycles. The highest BCUT2D eigenvalue weighted by Crippen LogP contribution is 2.21. The predicted molar refractivity (Wildman–Crippen MR) is 55.3 cm³/mol. The van der Waals surface area contributed by atoms with Crippen LogP contribution in [0, 0.1) is 0 Å². The van der Waals surface area contributed by atoms with Crippen molar-refractivity contribution >= 4 is 5.82 Å². The van der Waals surface area contributed by atoms with Crippen molar-refractivity contribution in [3.63, 3.8) is 0 Å². The summed E-state index contributed by atoms with van der Waals surface area (Å²) in [5, 5.41) is 0. The first-order valence-electron chi connectivity index (χ1n) is 5.01. The Labute approximate surface area is 82.8 Å². The standard InChI is InChI=1S/C10H15N3O/c1-6(2)13-8-5-3-4-7(8)12-9(11)10(13)14/h6H,3-5H2,1-2H3,(H2,11,12). The van der Waals surface area contributed by atoms with E-state index in [1.54, 1.807) is 4.57 Å². The quantitative estimate of drug-likeness (QED) is 0.720. The fourth-order valence-corrected chi connectivity index (χ4v) is 2.08. The van der Waals surface area contributed by atoms with Crippen molar-refractivity contribution < 1.29 is 0 Å². The summed E-state index contributed by atoms with van der Waals surface area (Å²) in [5.74, 6) is 0.138. The van der Waals surface area contributed by atoms with Gasteiger partial charge in [-0.15, -0.1) is 0 Å². The van der Waals surface area contributed by atoms with E-state index in [2.05, 4.69) is 4.98 Å². The van der Waals surface area contributed by atoms with E-state index >= 15 is 0 Å². The van der Waals surface area contributed by atoms with Gasteiger partial charge in [-0.1, -0.05) is 0 Å². The summed E-state index contributed by atoms with van der Waals surface area (Å²) in [6, 6.07) is 0.166. The van der Waals surface area contributed by atoms with Crippen LogP contribution in [0.25, 0.3) is 0 Å². The number of fused-ring (bicyclic) bond motifs is 1. The van der Waals surface area contributed by atoms with Crippen LogP contribution in [0.4, 0.5) is 5.82 Å². The molecule has 2 rings (SSSR count). The third-order valence-corrected chi connectivity index (χ3v) is 2.66. The molecule has 1 aromatic rings. The lowest BCUT2D eigenvalue weighted by molar-refractivity contribution is 0.551. The smallest absolute Gasteiger partial charge is 0.293 e. The van der Waals surface area contributed by atoms with E-state index in [-0.39, 0.29) is 17.4 Å². The van der Waals surface area contributed by atoms with E-state index in [4.69, 9.17) is 5.73 Å². The maximum absolute atomic E-state index is 11.7. The predicted octanol–water partition coefficient (Wildman–Crippen LogP) is 0.895. The minimum atomic E-state index is -0.138. The van der Waals surface area contributed by atoms with E-state index in [1.807, 2.05) is 13.8 Å². The Balaban J connectivity index is 2.73. The van der Waals surface area contributed by atoms with Crippen LogP contribution in [-0.4, -0.2) is 9.55 Å². The van der Waals surface area contributed by atoms with Crippen LogP contribution in [0.5, 0.6) is 0 Å². The third kappa shape index (κ3) is 1.22. The van der Waals surface area contributed by atoms with E-state index in [0.29, 0.717) is 0 Å². The molecule has 0 atom stereocenters. The normalized spacial score (nSPS) is 14.8. The molecule has 0 aliphatic heterocycles. The SMILES string of the molecule is CC(C)n1c2c(nc(N)c1=O)CCC2. The van der Waals surface area contributed by atoms with Crippen molar-refractivity contribution in [1.29, 1.82) is 0 Å². The number of rotatable bonds is 1. The molecule has 0 radical (unpaired) electrons. The van der Waals surface area contributed by atoms with Gasteiger partial charge in [-0.2, -0.15) is 0 Å². The molecule has 0 spiro atoms. The topological polar surface area (TPSA) is 60.9 Å². The second-order valence-corrected chi connectivity index (χ2v) is 4.01. The number of hydrogen-bond acceptors (Lipinski definition) is 3.